The highest BCUT2D eigenvalue weighted by Gasteiger charge is 2.36. The first-order chi connectivity index (χ1) is 8.97. The van der Waals surface area contributed by atoms with Crippen molar-refractivity contribution in [3.05, 3.63) is 11.1 Å². The van der Waals surface area contributed by atoms with Crippen molar-refractivity contribution >= 4 is 17.5 Å². The minimum Gasteiger partial charge on any atom is -0.390 e. The summed E-state index contributed by atoms with van der Waals surface area (Å²) in [6.45, 7) is 4.18. The fraction of sp³-hybridized carbons (Fsp3) is 0.727. The van der Waals surface area contributed by atoms with Gasteiger partial charge in [0.2, 0.25) is 11.2 Å². The normalized spacial score (nSPS) is 14.2. The van der Waals surface area contributed by atoms with E-state index in [1.54, 1.807) is 13.8 Å². The molecule has 20 heavy (non-hydrogen) atoms. The Balaban J connectivity index is 2.81. The Morgan fingerprint density at radius 1 is 1.25 bits per heavy atom. The summed E-state index contributed by atoms with van der Waals surface area (Å²) in [5.74, 6) is -0.00966. The molecule has 0 aliphatic rings. The van der Waals surface area contributed by atoms with Crippen molar-refractivity contribution in [1.29, 1.82) is 0 Å². The molecule has 0 spiro atoms. The molecule has 2 N–H and O–H groups in total. The van der Waals surface area contributed by atoms with Crippen LogP contribution in [0.3, 0.4) is 0 Å². The number of aliphatic hydroxyl groups is 1. The molecule has 9 heteroatoms. The summed E-state index contributed by atoms with van der Waals surface area (Å²) in [7, 11) is 0. The van der Waals surface area contributed by atoms with Crippen molar-refractivity contribution in [1.82, 2.24) is 15.0 Å². The minimum atomic E-state index is -4.41. The van der Waals surface area contributed by atoms with Crippen LogP contribution in [-0.4, -0.2) is 37.9 Å². The van der Waals surface area contributed by atoms with Crippen LogP contribution >= 0.6 is 11.6 Å². The number of rotatable bonds is 5. The molecule has 0 amide bonds. The van der Waals surface area contributed by atoms with E-state index in [2.05, 4.69) is 20.3 Å². The Hall–Kier alpha value is -1.15. The van der Waals surface area contributed by atoms with Gasteiger partial charge in [-0.05, 0) is 38.8 Å². The van der Waals surface area contributed by atoms with Crippen LogP contribution in [0, 0.1) is 0 Å². The summed E-state index contributed by atoms with van der Waals surface area (Å²) in [6, 6.07) is -1.80. The van der Waals surface area contributed by atoms with Gasteiger partial charge in [-0.3, -0.25) is 0 Å². The van der Waals surface area contributed by atoms with Crippen LogP contribution in [0.4, 0.5) is 19.1 Å². The predicted octanol–water partition coefficient (Wildman–Crippen LogP) is 2.59. The SMILES string of the molecule is C[C@@H](Nc1nc(Cl)nc(CCC(C)(C)O)n1)C(F)(F)F. The standard InChI is InChI=1S/C11H16ClF3N4O/c1-6(11(13,14)15)16-9-18-7(17-8(12)19-9)4-5-10(2,3)20/h6,20H,4-5H2,1-3H3,(H,16,17,18,19)/t6-/m1/s1. The summed E-state index contributed by atoms with van der Waals surface area (Å²) in [5.41, 5.74) is -0.925. The Morgan fingerprint density at radius 3 is 2.35 bits per heavy atom. The van der Waals surface area contributed by atoms with E-state index in [-0.39, 0.29) is 23.5 Å². The zero-order valence-electron chi connectivity index (χ0n) is 11.3. The molecule has 1 atom stereocenters. The maximum absolute atomic E-state index is 12.4. The molecule has 1 aromatic rings. The van der Waals surface area contributed by atoms with Gasteiger partial charge in [0.05, 0.1) is 5.60 Å². The molecule has 5 nitrogen and oxygen atoms in total. The summed E-state index contributed by atoms with van der Waals surface area (Å²) in [5, 5.41) is 11.5. The molecule has 1 aromatic heterocycles. The number of aryl methyl sites for hydroxylation is 1. The predicted molar refractivity (Wildman–Crippen MR) is 68.6 cm³/mol. The van der Waals surface area contributed by atoms with Crippen molar-refractivity contribution in [2.45, 2.75) is 51.4 Å². The van der Waals surface area contributed by atoms with Crippen LogP contribution in [0.25, 0.3) is 0 Å². The lowest BCUT2D eigenvalue weighted by Crippen LogP contribution is -2.34. The lowest BCUT2D eigenvalue weighted by molar-refractivity contribution is -0.138. The molecule has 0 radical (unpaired) electrons. The Morgan fingerprint density at radius 2 is 1.85 bits per heavy atom. The van der Waals surface area contributed by atoms with Gasteiger partial charge >= 0.3 is 6.18 Å². The molecular weight excluding hydrogens is 297 g/mol. The van der Waals surface area contributed by atoms with Crippen LogP contribution in [0.1, 0.15) is 33.0 Å². The second-order valence-corrected chi connectivity index (χ2v) is 5.40. The third-order valence-electron chi connectivity index (χ3n) is 2.45. The van der Waals surface area contributed by atoms with E-state index in [4.69, 9.17) is 11.6 Å². The second kappa shape index (κ2) is 6.09. The van der Waals surface area contributed by atoms with E-state index in [9.17, 15) is 18.3 Å². The maximum atomic E-state index is 12.4. The molecule has 0 aliphatic carbocycles. The zero-order chi connectivity index (χ0) is 15.6. The molecule has 0 saturated carbocycles. The number of anilines is 1. The first kappa shape index (κ1) is 16.9. The Bertz CT molecular complexity index is 462. The van der Waals surface area contributed by atoms with Gasteiger partial charge in [0.15, 0.2) is 0 Å². The average Bonchev–Trinajstić information content (AvgIpc) is 2.23. The molecule has 0 saturated heterocycles. The third kappa shape index (κ3) is 5.87. The van der Waals surface area contributed by atoms with Gasteiger partial charge < -0.3 is 10.4 Å². The molecule has 0 bridgehead atoms. The molecule has 0 unspecified atom stereocenters. The molecule has 0 aromatic carbocycles. The van der Waals surface area contributed by atoms with E-state index in [0.717, 1.165) is 6.92 Å². The maximum Gasteiger partial charge on any atom is 0.408 e. The minimum absolute atomic E-state index is 0.192. The van der Waals surface area contributed by atoms with Gasteiger partial charge in [-0.1, -0.05) is 0 Å². The number of aromatic nitrogens is 3. The summed E-state index contributed by atoms with van der Waals surface area (Å²) in [6.07, 6.45) is -3.78. The van der Waals surface area contributed by atoms with Gasteiger partial charge in [0.1, 0.15) is 11.9 Å². The fourth-order valence-electron chi connectivity index (χ4n) is 1.26. The van der Waals surface area contributed by atoms with Crippen LogP contribution in [0.15, 0.2) is 0 Å². The number of nitrogens with one attached hydrogen (secondary N) is 1. The van der Waals surface area contributed by atoms with Crippen molar-refractivity contribution in [2.24, 2.45) is 0 Å². The number of hydrogen-bond acceptors (Lipinski definition) is 5. The molecule has 1 rings (SSSR count). The molecule has 0 aliphatic heterocycles. The average molecular weight is 313 g/mol. The summed E-state index contributed by atoms with van der Waals surface area (Å²) < 4.78 is 37.3. The molecule has 0 fully saturated rings. The van der Waals surface area contributed by atoms with Gasteiger partial charge in [-0.2, -0.15) is 23.1 Å². The topological polar surface area (TPSA) is 70.9 Å². The van der Waals surface area contributed by atoms with Crippen molar-refractivity contribution in [2.75, 3.05) is 5.32 Å². The van der Waals surface area contributed by atoms with Crippen LogP contribution in [-0.2, 0) is 6.42 Å². The first-order valence-corrected chi connectivity index (χ1v) is 6.31. The first-order valence-electron chi connectivity index (χ1n) is 5.93. The molecule has 1 heterocycles. The van der Waals surface area contributed by atoms with Crippen molar-refractivity contribution in [3.8, 4) is 0 Å². The number of nitrogens with zero attached hydrogens (tertiary/aromatic N) is 3. The number of hydrogen-bond donors (Lipinski definition) is 2. The molecular formula is C11H16ClF3N4O. The van der Waals surface area contributed by atoms with Crippen LogP contribution in [0.2, 0.25) is 5.28 Å². The van der Waals surface area contributed by atoms with Gasteiger partial charge in [-0.15, -0.1) is 0 Å². The highest BCUT2D eigenvalue weighted by molar-refractivity contribution is 6.28. The smallest absolute Gasteiger partial charge is 0.390 e. The van der Waals surface area contributed by atoms with Gasteiger partial charge in [0, 0.05) is 6.42 Å². The molecule has 114 valence electrons. The summed E-state index contributed by atoms with van der Waals surface area (Å²) >= 11 is 5.65. The number of halogens is 4. The Labute approximate surface area is 119 Å². The Kier molecular flexibility index (Phi) is 5.15. The number of alkyl halides is 3. The van der Waals surface area contributed by atoms with Gasteiger partial charge in [-0.25, -0.2) is 4.98 Å². The van der Waals surface area contributed by atoms with Crippen LogP contribution in [0.5, 0.6) is 0 Å². The van der Waals surface area contributed by atoms with Crippen molar-refractivity contribution < 1.29 is 18.3 Å². The highest BCUT2D eigenvalue weighted by atomic mass is 35.5. The highest BCUT2D eigenvalue weighted by Crippen LogP contribution is 2.22. The van der Waals surface area contributed by atoms with E-state index in [1.807, 2.05) is 0 Å². The largest absolute Gasteiger partial charge is 0.408 e. The van der Waals surface area contributed by atoms with Gasteiger partial charge in [0.25, 0.3) is 0 Å². The zero-order valence-corrected chi connectivity index (χ0v) is 12.0. The van der Waals surface area contributed by atoms with Crippen LogP contribution < -0.4 is 5.32 Å². The fourth-order valence-corrected chi connectivity index (χ4v) is 1.44. The lowest BCUT2D eigenvalue weighted by Gasteiger charge is -2.18. The quantitative estimate of drug-likeness (QED) is 0.874. The monoisotopic (exact) mass is 312 g/mol. The lowest BCUT2D eigenvalue weighted by atomic mass is 10.0. The van der Waals surface area contributed by atoms with E-state index >= 15 is 0 Å². The summed E-state index contributed by atoms with van der Waals surface area (Å²) in [4.78, 5) is 11.3. The van der Waals surface area contributed by atoms with E-state index in [0.29, 0.717) is 6.42 Å². The van der Waals surface area contributed by atoms with Crippen molar-refractivity contribution in [3.63, 3.8) is 0 Å². The third-order valence-corrected chi connectivity index (χ3v) is 2.62. The van der Waals surface area contributed by atoms with E-state index in [1.165, 1.54) is 0 Å². The van der Waals surface area contributed by atoms with E-state index < -0.39 is 17.8 Å². The second-order valence-electron chi connectivity index (χ2n) is 5.06.